The fourth-order valence-corrected chi connectivity index (χ4v) is 1.52. The lowest BCUT2D eigenvalue weighted by Crippen LogP contribution is -2.48. The summed E-state index contributed by atoms with van der Waals surface area (Å²) in [7, 11) is 3.34. The molecular weight excluding hydrogens is 196 g/mol. The second kappa shape index (κ2) is 6.76. The average Bonchev–Trinajstić information content (AvgIpc) is 2.16. The van der Waals surface area contributed by atoms with E-state index in [1.54, 1.807) is 14.2 Å². The molecule has 1 saturated carbocycles. The van der Waals surface area contributed by atoms with E-state index in [9.17, 15) is 4.79 Å². The second-order valence-corrected chi connectivity index (χ2v) is 3.75. The molecule has 1 aliphatic rings. The predicted octanol–water partition coefficient (Wildman–Crippen LogP) is -0.484. The normalized spacial score (nSPS) is 24.7. The Hall–Kier alpha value is -0.650. The SMILES string of the molecule is COCCNC(=O)CNC1CC(OC)C1. The highest BCUT2D eigenvalue weighted by Gasteiger charge is 2.28. The molecule has 0 saturated heterocycles. The van der Waals surface area contributed by atoms with E-state index in [1.807, 2.05) is 0 Å². The largest absolute Gasteiger partial charge is 0.383 e. The van der Waals surface area contributed by atoms with Crippen LogP contribution in [0.4, 0.5) is 0 Å². The van der Waals surface area contributed by atoms with Gasteiger partial charge >= 0.3 is 0 Å². The number of hydrogen-bond donors (Lipinski definition) is 2. The summed E-state index contributed by atoms with van der Waals surface area (Å²) in [5.41, 5.74) is 0. The highest BCUT2D eigenvalue weighted by Crippen LogP contribution is 2.21. The van der Waals surface area contributed by atoms with Crippen molar-refractivity contribution in [2.45, 2.75) is 25.0 Å². The van der Waals surface area contributed by atoms with Crippen molar-refractivity contribution in [2.75, 3.05) is 33.9 Å². The maximum absolute atomic E-state index is 11.3. The van der Waals surface area contributed by atoms with E-state index >= 15 is 0 Å². The van der Waals surface area contributed by atoms with Crippen LogP contribution in [0, 0.1) is 0 Å². The van der Waals surface area contributed by atoms with Gasteiger partial charge in [0.2, 0.25) is 5.91 Å². The van der Waals surface area contributed by atoms with Gasteiger partial charge in [-0.25, -0.2) is 0 Å². The number of rotatable bonds is 7. The summed E-state index contributed by atoms with van der Waals surface area (Å²) >= 11 is 0. The van der Waals surface area contributed by atoms with E-state index in [2.05, 4.69) is 10.6 Å². The van der Waals surface area contributed by atoms with Gasteiger partial charge in [-0.1, -0.05) is 0 Å². The zero-order chi connectivity index (χ0) is 11.1. The Bertz CT molecular complexity index is 193. The number of carbonyl (C=O) groups is 1. The van der Waals surface area contributed by atoms with E-state index in [1.165, 1.54) is 0 Å². The predicted molar refractivity (Wildman–Crippen MR) is 56.7 cm³/mol. The monoisotopic (exact) mass is 216 g/mol. The number of methoxy groups -OCH3 is 2. The van der Waals surface area contributed by atoms with Gasteiger partial charge in [-0.05, 0) is 12.8 Å². The van der Waals surface area contributed by atoms with Crippen LogP contribution in [0.3, 0.4) is 0 Å². The molecular formula is C10H20N2O3. The molecule has 0 aromatic heterocycles. The number of ether oxygens (including phenoxy) is 2. The van der Waals surface area contributed by atoms with Crippen molar-refractivity contribution in [1.29, 1.82) is 0 Å². The summed E-state index contributed by atoms with van der Waals surface area (Å²) in [5, 5.41) is 5.93. The molecule has 1 amide bonds. The van der Waals surface area contributed by atoms with Crippen LogP contribution >= 0.6 is 0 Å². The molecule has 0 aromatic carbocycles. The van der Waals surface area contributed by atoms with Crippen molar-refractivity contribution in [3.63, 3.8) is 0 Å². The van der Waals surface area contributed by atoms with Crippen LogP contribution in [0.2, 0.25) is 0 Å². The smallest absolute Gasteiger partial charge is 0.234 e. The number of nitrogens with one attached hydrogen (secondary N) is 2. The van der Waals surface area contributed by atoms with Gasteiger partial charge in [0.15, 0.2) is 0 Å². The molecule has 0 aliphatic heterocycles. The molecule has 0 radical (unpaired) electrons. The van der Waals surface area contributed by atoms with Crippen molar-refractivity contribution in [3.05, 3.63) is 0 Å². The Kier molecular flexibility index (Phi) is 5.60. The number of hydrogen-bond acceptors (Lipinski definition) is 4. The van der Waals surface area contributed by atoms with E-state index in [4.69, 9.17) is 9.47 Å². The maximum Gasteiger partial charge on any atom is 0.234 e. The molecule has 0 spiro atoms. The molecule has 5 nitrogen and oxygen atoms in total. The Labute approximate surface area is 90.5 Å². The first-order valence-electron chi connectivity index (χ1n) is 5.28. The number of carbonyl (C=O) groups excluding carboxylic acids is 1. The van der Waals surface area contributed by atoms with Crippen LogP contribution in [0.15, 0.2) is 0 Å². The van der Waals surface area contributed by atoms with Crippen LogP contribution < -0.4 is 10.6 Å². The molecule has 15 heavy (non-hydrogen) atoms. The van der Waals surface area contributed by atoms with Crippen LogP contribution in [0.5, 0.6) is 0 Å². The van der Waals surface area contributed by atoms with Gasteiger partial charge in [-0.15, -0.1) is 0 Å². The third-order valence-electron chi connectivity index (χ3n) is 2.61. The minimum Gasteiger partial charge on any atom is -0.383 e. The zero-order valence-corrected chi connectivity index (χ0v) is 9.41. The van der Waals surface area contributed by atoms with E-state index in [-0.39, 0.29) is 5.91 Å². The van der Waals surface area contributed by atoms with Crippen LogP contribution in [0.25, 0.3) is 0 Å². The van der Waals surface area contributed by atoms with E-state index in [0.29, 0.717) is 31.8 Å². The molecule has 1 rings (SSSR count). The summed E-state index contributed by atoms with van der Waals surface area (Å²) in [4.78, 5) is 11.3. The zero-order valence-electron chi connectivity index (χ0n) is 9.41. The molecule has 2 N–H and O–H groups in total. The first-order chi connectivity index (χ1) is 7.26. The third-order valence-corrected chi connectivity index (χ3v) is 2.61. The molecule has 0 heterocycles. The summed E-state index contributed by atoms with van der Waals surface area (Å²) in [6.45, 7) is 1.51. The molecule has 5 heteroatoms. The van der Waals surface area contributed by atoms with Crippen LogP contribution in [0.1, 0.15) is 12.8 Å². The van der Waals surface area contributed by atoms with E-state index in [0.717, 1.165) is 12.8 Å². The fourth-order valence-electron chi connectivity index (χ4n) is 1.52. The summed E-state index contributed by atoms with van der Waals surface area (Å²) in [6.07, 6.45) is 2.38. The number of amides is 1. The average molecular weight is 216 g/mol. The summed E-state index contributed by atoms with van der Waals surface area (Å²) in [6, 6.07) is 0.433. The van der Waals surface area contributed by atoms with Gasteiger partial charge in [0.25, 0.3) is 0 Å². The van der Waals surface area contributed by atoms with Gasteiger partial charge in [0, 0.05) is 26.8 Å². The topological polar surface area (TPSA) is 59.6 Å². The van der Waals surface area contributed by atoms with Crippen molar-refractivity contribution in [1.82, 2.24) is 10.6 Å². The molecule has 0 aromatic rings. The Morgan fingerprint density at radius 3 is 2.73 bits per heavy atom. The van der Waals surface area contributed by atoms with Crippen molar-refractivity contribution in [3.8, 4) is 0 Å². The summed E-state index contributed by atoms with van der Waals surface area (Å²) in [5.74, 6) is 0.0212. The first-order valence-corrected chi connectivity index (χ1v) is 5.28. The van der Waals surface area contributed by atoms with Gasteiger partial charge in [-0.3, -0.25) is 4.79 Å². The molecule has 0 atom stereocenters. The van der Waals surface area contributed by atoms with Crippen LogP contribution in [-0.2, 0) is 14.3 Å². The quantitative estimate of drug-likeness (QED) is 0.564. The van der Waals surface area contributed by atoms with Crippen molar-refractivity contribution >= 4 is 5.91 Å². The maximum atomic E-state index is 11.3. The summed E-state index contributed by atoms with van der Waals surface area (Å²) < 4.78 is 9.97. The standard InChI is InChI=1S/C10H20N2O3/c1-14-4-3-11-10(13)7-12-8-5-9(6-8)15-2/h8-9,12H,3-7H2,1-2H3,(H,11,13). The van der Waals surface area contributed by atoms with Crippen LogP contribution in [-0.4, -0.2) is 52.0 Å². The Morgan fingerprint density at radius 1 is 1.40 bits per heavy atom. The molecule has 88 valence electrons. The lowest BCUT2D eigenvalue weighted by Gasteiger charge is -2.34. The highest BCUT2D eigenvalue weighted by molar-refractivity contribution is 5.77. The van der Waals surface area contributed by atoms with Gasteiger partial charge in [0.05, 0.1) is 19.3 Å². The fraction of sp³-hybridized carbons (Fsp3) is 0.900. The lowest BCUT2D eigenvalue weighted by molar-refractivity contribution is -0.120. The Balaban J connectivity index is 1.94. The highest BCUT2D eigenvalue weighted by atomic mass is 16.5. The third kappa shape index (κ3) is 4.59. The van der Waals surface area contributed by atoms with Crippen molar-refractivity contribution < 1.29 is 14.3 Å². The first kappa shape index (κ1) is 12.4. The van der Waals surface area contributed by atoms with E-state index < -0.39 is 0 Å². The molecule has 0 bridgehead atoms. The lowest BCUT2D eigenvalue weighted by atomic mass is 9.89. The molecule has 0 unspecified atom stereocenters. The minimum atomic E-state index is 0.0212. The van der Waals surface area contributed by atoms with Gasteiger partial charge in [0.1, 0.15) is 0 Å². The Morgan fingerprint density at radius 2 is 2.13 bits per heavy atom. The van der Waals surface area contributed by atoms with Crippen molar-refractivity contribution in [2.24, 2.45) is 0 Å². The van der Waals surface area contributed by atoms with Gasteiger partial charge < -0.3 is 20.1 Å². The molecule has 1 fully saturated rings. The van der Waals surface area contributed by atoms with Gasteiger partial charge in [-0.2, -0.15) is 0 Å². The molecule has 1 aliphatic carbocycles. The minimum absolute atomic E-state index is 0.0212. The second-order valence-electron chi connectivity index (χ2n) is 3.75.